The van der Waals surface area contributed by atoms with Crippen LogP contribution in [0.1, 0.15) is 41.0 Å². The van der Waals surface area contributed by atoms with Crippen LogP contribution in [0.5, 0.6) is 0 Å². The molecule has 0 radical (unpaired) electrons. The molecule has 2 saturated carbocycles. The van der Waals surface area contributed by atoms with E-state index in [2.05, 4.69) is 32.9 Å². The minimum atomic E-state index is -1.94. The highest BCUT2D eigenvalue weighted by atomic mass is 16.7. The molecule has 0 unspecified atom stereocenters. The van der Waals surface area contributed by atoms with E-state index in [4.69, 9.17) is 4.74 Å². The summed E-state index contributed by atoms with van der Waals surface area (Å²) in [5, 5.41) is 13.2. The van der Waals surface area contributed by atoms with Gasteiger partial charge in [0.2, 0.25) is 0 Å². The zero-order valence-corrected chi connectivity index (χ0v) is 14.6. The number of rotatable bonds is 0. The van der Waals surface area contributed by atoms with Gasteiger partial charge in [-0.2, -0.15) is 0 Å². The van der Waals surface area contributed by atoms with Gasteiger partial charge in [0.25, 0.3) is 0 Å². The van der Waals surface area contributed by atoms with Crippen LogP contribution in [0.2, 0.25) is 0 Å². The van der Waals surface area contributed by atoms with E-state index < -0.39 is 11.4 Å². The van der Waals surface area contributed by atoms with E-state index in [1.807, 2.05) is 6.92 Å². The molecular weight excluding hydrogens is 288 g/mol. The van der Waals surface area contributed by atoms with Crippen molar-refractivity contribution < 1.29 is 14.6 Å². The average molecular weight is 313 g/mol. The molecule has 3 fully saturated rings. The molecule has 0 aromatic rings. The van der Waals surface area contributed by atoms with Crippen molar-refractivity contribution in [1.29, 1.82) is 0 Å². The normalized spacial score (nSPS) is 58.1. The van der Waals surface area contributed by atoms with Gasteiger partial charge in [0.15, 0.2) is 5.78 Å². The molecule has 23 heavy (non-hydrogen) atoms. The Balaban J connectivity index is 1.78. The molecule has 1 saturated heterocycles. The third-order valence-corrected chi connectivity index (χ3v) is 8.01. The fraction of sp³-hybridized carbons (Fsp3) is 0.750. The maximum atomic E-state index is 13.2. The SMILES string of the molecule is CC1=C[C@H]2[C@H](C)C[C@@H]3[C@H]([C@@H]4C=C(C)[C@@]5([O-])O[C@@]42[C@@H]1C5=O)C3(C)C. The highest BCUT2D eigenvalue weighted by Crippen LogP contribution is 2.74. The van der Waals surface area contributed by atoms with Crippen LogP contribution in [0, 0.1) is 40.9 Å². The third kappa shape index (κ3) is 1.29. The van der Waals surface area contributed by atoms with Gasteiger partial charge in [-0.1, -0.05) is 44.1 Å². The largest absolute Gasteiger partial charge is 0.819 e. The Hall–Kier alpha value is -0.930. The lowest BCUT2D eigenvalue weighted by Gasteiger charge is -2.50. The van der Waals surface area contributed by atoms with Crippen molar-refractivity contribution in [2.24, 2.45) is 40.9 Å². The molecule has 124 valence electrons. The Labute approximate surface area is 137 Å². The summed E-state index contributed by atoms with van der Waals surface area (Å²) in [6, 6.07) is 0. The molecule has 3 aliphatic carbocycles. The Morgan fingerprint density at radius 3 is 2.61 bits per heavy atom. The topological polar surface area (TPSA) is 49.4 Å². The first-order chi connectivity index (χ1) is 10.7. The average Bonchev–Trinajstić information content (AvgIpc) is 2.79. The Kier molecular flexibility index (Phi) is 2.30. The summed E-state index contributed by atoms with van der Waals surface area (Å²) in [4.78, 5) is 13.0. The first kappa shape index (κ1) is 14.4. The lowest BCUT2D eigenvalue weighted by atomic mass is 9.67. The second kappa shape index (κ2) is 3.67. The number of ketones is 1. The standard InChI is InChI=1S/C20H25O3/c1-9-6-13-16(18(13,4)5)14-8-11(3)20(22)17(21)15-10(2)7-12(9)19(14,15)23-20/h7-9,12-16H,6H2,1-5H3/q-1/t9-,12+,13-,14+,15+,16-,19-,20-/m1/s1. The minimum absolute atomic E-state index is 0.199. The molecule has 5 aliphatic rings. The quantitative estimate of drug-likeness (QED) is 0.646. The van der Waals surface area contributed by atoms with Gasteiger partial charge in [0.1, 0.15) is 0 Å². The van der Waals surface area contributed by atoms with Gasteiger partial charge in [-0.15, -0.1) is 0 Å². The fourth-order valence-corrected chi connectivity index (χ4v) is 6.84. The Bertz CT molecular complexity index is 702. The van der Waals surface area contributed by atoms with Gasteiger partial charge >= 0.3 is 0 Å². The molecule has 3 heteroatoms. The second-order valence-corrected chi connectivity index (χ2v) is 9.35. The highest BCUT2D eigenvalue weighted by Gasteiger charge is 2.76. The number of carbonyl (C=O) groups excluding carboxylic acids is 1. The number of carbonyl (C=O) groups is 1. The Morgan fingerprint density at radius 1 is 1.22 bits per heavy atom. The number of Topliss-reactive ketones (excluding diaryl/α,β-unsaturated/α-hetero) is 1. The molecule has 2 bridgehead atoms. The van der Waals surface area contributed by atoms with Gasteiger partial charge in [0, 0.05) is 11.8 Å². The second-order valence-electron chi connectivity index (χ2n) is 9.35. The van der Waals surface area contributed by atoms with Gasteiger partial charge in [-0.3, -0.25) is 4.79 Å². The van der Waals surface area contributed by atoms with Crippen LogP contribution in [0.3, 0.4) is 0 Å². The monoisotopic (exact) mass is 313 g/mol. The van der Waals surface area contributed by atoms with Crippen molar-refractivity contribution in [3.8, 4) is 0 Å². The van der Waals surface area contributed by atoms with Crippen LogP contribution >= 0.6 is 0 Å². The van der Waals surface area contributed by atoms with E-state index in [1.54, 1.807) is 6.92 Å². The summed E-state index contributed by atoms with van der Waals surface area (Å²) in [7, 11) is 0. The molecule has 0 N–H and O–H groups in total. The summed E-state index contributed by atoms with van der Waals surface area (Å²) in [5.74, 6) is -0.448. The molecule has 0 amide bonds. The summed E-state index contributed by atoms with van der Waals surface area (Å²) in [5.41, 5.74) is 1.34. The number of hydrogen-bond acceptors (Lipinski definition) is 3. The number of fused-ring (bicyclic) bond motifs is 3. The van der Waals surface area contributed by atoms with Crippen LogP contribution in [0.25, 0.3) is 0 Å². The van der Waals surface area contributed by atoms with Crippen molar-refractivity contribution in [2.75, 3.05) is 0 Å². The first-order valence-corrected chi connectivity index (χ1v) is 8.98. The van der Waals surface area contributed by atoms with Crippen LogP contribution in [-0.4, -0.2) is 17.2 Å². The van der Waals surface area contributed by atoms with Gasteiger partial charge < -0.3 is 9.84 Å². The summed E-state index contributed by atoms with van der Waals surface area (Å²) < 4.78 is 6.27. The molecule has 5 rings (SSSR count). The number of ether oxygens (including phenoxy) is 1. The van der Waals surface area contributed by atoms with Crippen molar-refractivity contribution in [3.63, 3.8) is 0 Å². The number of hydrogen-bond donors (Lipinski definition) is 0. The zero-order chi connectivity index (χ0) is 16.5. The first-order valence-electron chi connectivity index (χ1n) is 8.98. The van der Waals surface area contributed by atoms with E-state index in [-0.39, 0.29) is 29.0 Å². The lowest BCUT2D eigenvalue weighted by Crippen LogP contribution is -2.57. The Morgan fingerprint density at radius 2 is 1.91 bits per heavy atom. The predicted octanol–water partition coefficient (Wildman–Crippen LogP) is 2.46. The van der Waals surface area contributed by atoms with Crippen molar-refractivity contribution in [3.05, 3.63) is 23.3 Å². The molecule has 8 atom stereocenters. The minimum Gasteiger partial charge on any atom is -0.819 e. The van der Waals surface area contributed by atoms with E-state index >= 15 is 0 Å². The lowest BCUT2D eigenvalue weighted by molar-refractivity contribution is -0.526. The smallest absolute Gasteiger partial charge is 0.162 e. The molecule has 0 aromatic heterocycles. The zero-order valence-electron chi connectivity index (χ0n) is 14.6. The molecule has 3 nitrogen and oxygen atoms in total. The molecule has 2 heterocycles. The molecule has 0 aromatic carbocycles. The van der Waals surface area contributed by atoms with Gasteiger partial charge in [-0.05, 0) is 43.4 Å². The predicted molar refractivity (Wildman–Crippen MR) is 84.1 cm³/mol. The van der Waals surface area contributed by atoms with E-state index in [9.17, 15) is 9.90 Å². The molecular formula is C20H25O3-. The van der Waals surface area contributed by atoms with Gasteiger partial charge in [0.05, 0.1) is 17.3 Å². The van der Waals surface area contributed by atoms with Crippen molar-refractivity contribution in [2.45, 2.75) is 52.4 Å². The summed E-state index contributed by atoms with van der Waals surface area (Å²) >= 11 is 0. The highest BCUT2D eigenvalue weighted by molar-refractivity contribution is 5.97. The maximum Gasteiger partial charge on any atom is 0.162 e. The van der Waals surface area contributed by atoms with Crippen LogP contribution < -0.4 is 5.11 Å². The van der Waals surface area contributed by atoms with E-state index in [1.165, 1.54) is 6.42 Å². The van der Waals surface area contributed by atoms with Crippen LogP contribution in [0.15, 0.2) is 23.3 Å². The van der Waals surface area contributed by atoms with Crippen molar-refractivity contribution in [1.82, 2.24) is 0 Å². The maximum absolute atomic E-state index is 13.2. The molecule has 1 spiro atoms. The van der Waals surface area contributed by atoms with Crippen molar-refractivity contribution >= 4 is 5.78 Å². The van der Waals surface area contributed by atoms with E-state index in [0.29, 0.717) is 23.3 Å². The van der Waals surface area contributed by atoms with Crippen LogP contribution in [0.4, 0.5) is 0 Å². The molecule has 2 aliphatic heterocycles. The fourth-order valence-electron chi connectivity index (χ4n) is 6.84. The summed E-state index contributed by atoms with van der Waals surface area (Å²) in [6.07, 6.45) is 5.57. The van der Waals surface area contributed by atoms with Crippen LogP contribution in [-0.2, 0) is 9.53 Å². The summed E-state index contributed by atoms with van der Waals surface area (Å²) in [6.45, 7) is 10.8. The third-order valence-electron chi connectivity index (χ3n) is 8.01. The van der Waals surface area contributed by atoms with Gasteiger partial charge in [-0.25, -0.2) is 0 Å². The van der Waals surface area contributed by atoms with E-state index in [0.717, 1.165) is 5.57 Å².